The molecule has 0 radical (unpaired) electrons. The van der Waals surface area contributed by atoms with Gasteiger partial charge in [-0.2, -0.15) is 0 Å². The van der Waals surface area contributed by atoms with Crippen LogP contribution in [0.15, 0.2) is 30.5 Å². The van der Waals surface area contributed by atoms with Gasteiger partial charge in [0, 0.05) is 6.54 Å². The Bertz CT molecular complexity index is 499. The molecule has 0 bridgehead atoms. The maximum absolute atomic E-state index is 4.17. The molecule has 0 fully saturated rings. The van der Waals surface area contributed by atoms with Gasteiger partial charge in [-0.05, 0) is 36.6 Å². The van der Waals surface area contributed by atoms with Gasteiger partial charge in [0.1, 0.15) is 0 Å². The molecule has 1 heterocycles. The summed E-state index contributed by atoms with van der Waals surface area (Å²) in [6.45, 7) is 8.35. The molecule has 0 atom stereocenters. The van der Waals surface area contributed by atoms with Crippen LogP contribution >= 0.6 is 0 Å². The first-order valence-electron chi connectivity index (χ1n) is 6.90. The number of rotatable bonds is 6. The first kappa shape index (κ1) is 13.7. The summed E-state index contributed by atoms with van der Waals surface area (Å²) < 4.78 is 1.90. The molecule has 0 saturated carbocycles. The second-order valence-corrected chi connectivity index (χ2v) is 5.18. The van der Waals surface area contributed by atoms with Crippen LogP contribution in [-0.4, -0.2) is 21.5 Å². The van der Waals surface area contributed by atoms with Crippen LogP contribution in [-0.2, 0) is 13.0 Å². The molecule has 102 valence electrons. The van der Waals surface area contributed by atoms with Crippen LogP contribution in [0.3, 0.4) is 0 Å². The number of nitrogens with one attached hydrogen (secondary N) is 1. The monoisotopic (exact) mass is 258 g/mol. The highest BCUT2D eigenvalue weighted by Crippen LogP contribution is 2.11. The van der Waals surface area contributed by atoms with Crippen LogP contribution in [0.5, 0.6) is 0 Å². The molecule has 0 aliphatic heterocycles. The van der Waals surface area contributed by atoms with E-state index in [4.69, 9.17) is 0 Å². The average Bonchev–Trinajstić information content (AvgIpc) is 2.87. The number of aryl methyl sites for hydroxylation is 1. The maximum atomic E-state index is 4.17. The Hall–Kier alpha value is -1.68. The third-order valence-electron chi connectivity index (χ3n) is 3.07. The number of aromatic nitrogens is 3. The van der Waals surface area contributed by atoms with Gasteiger partial charge in [0.2, 0.25) is 0 Å². The summed E-state index contributed by atoms with van der Waals surface area (Å²) in [5.74, 6) is 0.646. The predicted octanol–water partition coefficient (Wildman–Crippen LogP) is 2.58. The van der Waals surface area contributed by atoms with Crippen LogP contribution < -0.4 is 5.32 Å². The zero-order chi connectivity index (χ0) is 13.7. The average molecular weight is 258 g/mol. The van der Waals surface area contributed by atoms with Gasteiger partial charge in [0.05, 0.1) is 17.6 Å². The van der Waals surface area contributed by atoms with Crippen molar-refractivity contribution in [3.05, 3.63) is 41.7 Å². The molecular formula is C15H22N4. The largest absolute Gasteiger partial charge is 0.311 e. The van der Waals surface area contributed by atoms with Gasteiger partial charge in [-0.1, -0.05) is 38.1 Å². The van der Waals surface area contributed by atoms with E-state index in [-0.39, 0.29) is 0 Å². The number of nitrogens with zero attached hydrogens (tertiary/aromatic N) is 3. The molecule has 0 amide bonds. The fourth-order valence-electron chi connectivity index (χ4n) is 1.96. The standard InChI is InChI=1S/C15H22N4/c1-4-13-5-7-14(8-6-13)19-15(11-17-18-19)10-16-9-12(2)3/h5-8,11-12,16H,4,9-10H2,1-3H3. The Morgan fingerprint density at radius 2 is 1.95 bits per heavy atom. The Balaban J connectivity index is 2.09. The molecule has 19 heavy (non-hydrogen) atoms. The minimum Gasteiger partial charge on any atom is -0.311 e. The molecule has 1 aromatic heterocycles. The van der Waals surface area contributed by atoms with Crippen molar-refractivity contribution in [2.24, 2.45) is 5.92 Å². The number of hydrogen-bond donors (Lipinski definition) is 1. The van der Waals surface area contributed by atoms with Crippen molar-refractivity contribution in [2.45, 2.75) is 33.7 Å². The van der Waals surface area contributed by atoms with Crippen molar-refractivity contribution in [3.63, 3.8) is 0 Å². The highest BCUT2D eigenvalue weighted by atomic mass is 15.4. The quantitative estimate of drug-likeness (QED) is 0.866. The van der Waals surface area contributed by atoms with Crippen molar-refractivity contribution in [3.8, 4) is 5.69 Å². The summed E-state index contributed by atoms with van der Waals surface area (Å²) in [6, 6.07) is 8.48. The maximum Gasteiger partial charge on any atom is 0.0783 e. The van der Waals surface area contributed by atoms with E-state index >= 15 is 0 Å². The lowest BCUT2D eigenvalue weighted by molar-refractivity contribution is 0.542. The van der Waals surface area contributed by atoms with Crippen LogP contribution in [0.1, 0.15) is 32.0 Å². The van der Waals surface area contributed by atoms with Gasteiger partial charge in [-0.25, -0.2) is 4.68 Å². The van der Waals surface area contributed by atoms with Crippen LogP contribution in [0.25, 0.3) is 5.69 Å². The Morgan fingerprint density at radius 3 is 2.58 bits per heavy atom. The second kappa shape index (κ2) is 6.48. The van der Waals surface area contributed by atoms with Gasteiger partial charge >= 0.3 is 0 Å². The van der Waals surface area contributed by atoms with Crippen molar-refractivity contribution < 1.29 is 0 Å². The molecule has 1 N–H and O–H groups in total. The number of benzene rings is 1. The van der Waals surface area contributed by atoms with E-state index in [0.717, 1.165) is 30.9 Å². The predicted molar refractivity (Wildman–Crippen MR) is 77.3 cm³/mol. The first-order chi connectivity index (χ1) is 9.20. The molecule has 0 spiro atoms. The highest BCUT2D eigenvalue weighted by Gasteiger charge is 2.06. The molecule has 0 aliphatic rings. The van der Waals surface area contributed by atoms with Crippen LogP contribution in [0, 0.1) is 5.92 Å². The summed E-state index contributed by atoms with van der Waals surface area (Å²) in [5, 5.41) is 11.6. The van der Waals surface area contributed by atoms with E-state index < -0.39 is 0 Å². The normalized spacial score (nSPS) is 11.2. The van der Waals surface area contributed by atoms with Gasteiger partial charge in [0.25, 0.3) is 0 Å². The van der Waals surface area contributed by atoms with E-state index in [0.29, 0.717) is 5.92 Å². The van der Waals surface area contributed by atoms with Crippen molar-refractivity contribution in [1.82, 2.24) is 20.3 Å². The second-order valence-electron chi connectivity index (χ2n) is 5.18. The number of hydrogen-bond acceptors (Lipinski definition) is 3. The van der Waals surface area contributed by atoms with Gasteiger partial charge < -0.3 is 5.32 Å². The lowest BCUT2D eigenvalue weighted by atomic mass is 10.1. The highest BCUT2D eigenvalue weighted by molar-refractivity contribution is 5.34. The van der Waals surface area contributed by atoms with Gasteiger partial charge in [-0.3, -0.25) is 0 Å². The van der Waals surface area contributed by atoms with Crippen LogP contribution in [0.2, 0.25) is 0 Å². The lowest BCUT2D eigenvalue weighted by Crippen LogP contribution is -2.20. The van der Waals surface area contributed by atoms with Crippen molar-refractivity contribution in [1.29, 1.82) is 0 Å². The molecule has 2 aromatic rings. The summed E-state index contributed by atoms with van der Waals surface area (Å²) >= 11 is 0. The molecule has 0 aliphatic carbocycles. The molecule has 0 saturated heterocycles. The zero-order valence-electron chi connectivity index (χ0n) is 11.9. The van der Waals surface area contributed by atoms with E-state index in [2.05, 4.69) is 60.7 Å². The summed E-state index contributed by atoms with van der Waals surface area (Å²) in [5.41, 5.74) is 3.49. The van der Waals surface area contributed by atoms with E-state index in [1.165, 1.54) is 5.56 Å². The molecule has 0 unspecified atom stereocenters. The minimum absolute atomic E-state index is 0.646. The van der Waals surface area contributed by atoms with Gasteiger partial charge in [-0.15, -0.1) is 5.10 Å². The SMILES string of the molecule is CCc1ccc(-n2nncc2CNCC(C)C)cc1. The van der Waals surface area contributed by atoms with Crippen molar-refractivity contribution >= 4 is 0 Å². The van der Waals surface area contributed by atoms with E-state index in [1.54, 1.807) is 0 Å². The van der Waals surface area contributed by atoms with Gasteiger partial charge in [0.15, 0.2) is 0 Å². The Morgan fingerprint density at radius 1 is 1.21 bits per heavy atom. The fraction of sp³-hybridized carbons (Fsp3) is 0.467. The summed E-state index contributed by atoms with van der Waals surface area (Å²) in [4.78, 5) is 0. The van der Waals surface area contributed by atoms with Crippen molar-refractivity contribution in [2.75, 3.05) is 6.54 Å². The smallest absolute Gasteiger partial charge is 0.0783 e. The topological polar surface area (TPSA) is 42.7 Å². The Kier molecular flexibility index (Phi) is 4.68. The molecule has 4 heteroatoms. The molecule has 1 aromatic carbocycles. The fourth-order valence-corrected chi connectivity index (χ4v) is 1.96. The first-order valence-corrected chi connectivity index (χ1v) is 6.90. The third-order valence-corrected chi connectivity index (χ3v) is 3.07. The summed E-state index contributed by atoms with van der Waals surface area (Å²) in [6.07, 6.45) is 2.88. The van der Waals surface area contributed by atoms with E-state index in [9.17, 15) is 0 Å². The van der Waals surface area contributed by atoms with Crippen LogP contribution in [0.4, 0.5) is 0 Å². The zero-order valence-corrected chi connectivity index (χ0v) is 11.9. The molecular weight excluding hydrogens is 236 g/mol. The molecule has 2 rings (SSSR count). The summed E-state index contributed by atoms with van der Waals surface area (Å²) in [7, 11) is 0. The lowest BCUT2D eigenvalue weighted by Gasteiger charge is -2.09. The minimum atomic E-state index is 0.646. The van der Waals surface area contributed by atoms with E-state index in [1.807, 2.05) is 10.9 Å². The Labute approximate surface area is 114 Å². The third kappa shape index (κ3) is 3.64. The molecule has 4 nitrogen and oxygen atoms in total.